The van der Waals surface area contributed by atoms with E-state index in [1.807, 2.05) is 0 Å². The zero-order chi connectivity index (χ0) is 19.0. The molecule has 2 atom stereocenters. The number of carbonyl (C=O) groups excluding carboxylic acids is 1. The Labute approximate surface area is 173 Å². The van der Waals surface area contributed by atoms with E-state index in [-0.39, 0.29) is 5.91 Å². The van der Waals surface area contributed by atoms with E-state index in [4.69, 9.17) is 23.2 Å². The van der Waals surface area contributed by atoms with Gasteiger partial charge in [0.05, 0.1) is 10.6 Å². The molecule has 3 aliphatic rings. The number of benzene rings is 1. The number of nitrogens with zero attached hydrogens (tertiary/aromatic N) is 2. The summed E-state index contributed by atoms with van der Waals surface area (Å²) in [6.45, 7) is 7.51. The van der Waals surface area contributed by atoms with Crippen LogP contribution in [0.1, 0.15) is 55.8 Å². The van der Waals surface area contributed by atoms with E-state index in [9.17, 15) is 4.79 Å². The predicted octanol–water partition coefficient (Wildman–Crippen LogP) is 5.36. The van der Waals surface area contributed by atoms with Crippen LogP contribution in [0.15, 0.2) is 18.2 Å². The van der Waals surface area contributed by atoms with Gasteiger partial charge in [-0.1, -0.05) is 49.4 Å². The molecule has 1 spiro atoms. The van der Waals surface area contributed by atoms with Crippen molar-refractivity contribution in [1.82, 2.24) is 9.80 Å². The third-order valence-corrected chi connectivity index (χ3v) is 7.82. The number of rotatable bonds is 4. The first-order valence-corrected chi connectivity index (χ1v) is 11.3. The van der Waals surface area contributed by atoms with Crippen LogP contribution in [0, 0.1) is 17.3 Å². The number of amides is 1. The summed E-state index contributed by atoms with van der Waals surface area (Å²) in [5.41, 5.74) is 1.06. The fourth-order valence-corrected chi connectivity index (χ4v) is 6.38. The standard InChI is InChI=1S/C22H30Cl2N2O/c1-2-3-10-25-12-16-14-26(15-17(13-25)22(16)8-4-5-9-22)21(27)19-7-6-18(23)11-20(19)24/h6-7,11,16-17H,2-5,8-10,12-15H2,1H3. The van der Waals surface area contributed by atoms with Crippen molar-refractivity contribution < 1.29 is 4.79 Å². The summed E-state index contributed by atoms with van der Waals surface area (Å²) in [6, 6.07) is 5.21. The molecule has 4 rings (SSSR count). The molecule has 3 nitrogen and oxygen atoms in total. The van der Waals surface area contributed by atoms with Gasteiger partial charge >= 0.3 is 0 Å². The van der Waals surface area contributed by atoms with Crippen LogP contribution in [-0.4, -0.2) is 48.4 Å². The maximum absolute atomic E-state index is 13.2. The van der Waals surface area contributed by atoms with Gasteiger partial charge in [0.1, 0.15) is 0 Å². The molecule has 2 bridgehead atoms. The molecule has 27 heavy (non-hydrogen) atoms. The van der Waals surface area contributed by atoms with Gasteiger partial charge < -0.3 is 9.80 Å². The first-order chi connectivity index (χ1) is 13.0. The summed E-state index contributed by atoms with van der Waals surface area (Å²) in [4.78, 5) is 17.9. The molecule has 3 fully saturated rings. The van der Waals surface area contributed by atoms with Crippen LogP contribution >= 0.6 is 23.2 Å². The Morgan fingerprint density at radius 1 is 1.11 bits per heavy atom. The van der Waals surface area contributed by atoms with Gasteiger partial charge in [0.2, 0.25) is 0 Å². The minimum atomic E-state index is 0.0709. The molecule has 1 aromatic rings. The molecule has 2 unspecified atom stereocenters. The largest absolute Gasteiger partial charge is 0.338 e. The van der Waals surface area contributed by atoms with Gasteiger partial charge in [-0.3, -0.25) is 4.79 Å². The lowest BCUT2D eigenvalue weighted by Crippen LogP contribution is -2.63. The van der Waals surface area contributed by atoms with E-state index in [0.29, 0.717) is 32.9 Å². The van der Waals surface area contributed by atoms with Gasteiger partial charge in [-0.05, 0) is 61.3 Å². The molecule has 2 aliphatic heterocycles. The van der Waals surface area contributed by atoms with Crippen LogP contribution < -0.4 is 0 Å². The number of halogens is 2. The molecule has 148 valence electrons. The normalized spacial score (nSPS) is 27.3. The lowest BCUT2D eigenvalue weighted by molar-refractivity contribution is -0.0795. The zero-order valence-electron chi connectivity index (χ0n) is 16.2. The molecule has 0 N–H and O–H groups in total. The third-order valence-electron chi connectivity index (χ3n) is 7.28. The van der Waals surface area contributed by atoms with E-state index in [2.05, 4.69) is 16.7 Å². The highest BCUT2D eigenvalue weighted by Crippen LogP contribution is 2.55. The van der Waals surface area contributed by atoms with Gasteiger partial charge in [0, 0.05) is 31.2 Å². The number of carbonyl (C=O) groups is 1. The first kappa shape index (κ1) is 19.5. The molecular formula is C22H30Cl2N2O. The SMILES string of the molecule is CCCCN1CC2CN(C(=O)c3ccc(Cl)cc3Cl)CC(C1)C21CCCC1. The fraction of sp³-hybridized carbons (Fsp3) is 0.682. The molecular weight excluding hydrogens is 379 g/mol. The van der Waals surface area contributed by atoms with Crippen LogP contribution in [-0.2, 0) is 0 Å². The van der Waals surface area contributed by atoms with E-state index < -0.39 is 0 Å². The second kappa shape index (κ2) is 7.93. The minimum absolute atomic E-state index is 0.0709. The molecule has 1 amide bonds. The van der Waals surface area contributed by atoms with Gasteiger partial charge in [0.25, 0.3) is 5.91 Å². The van der Waals surface area contributed by atoms with E-state index in [0.717, 1.165) is 26.2 Å². The number of piperidine rings is 2. The van der Waals surface area contributed by atoms with Crippen LogP contribution in [0.3, 0.4) is 0 Å². The monoisotopic (exact) mass is 408 g/mol. The number of unbranched alkanes of at least 4 members (excludes halogenated alkanes) is 1. The molecule has 1 saturated carbocycles. The summed E-state index contributed by atoms with van der Waals surface area (Å²) < 4.78 is 0. The highest BCUT2D eigenvalue weighted by Gasteiger charge is 2.54. The average molecular weight is 409 g/mol. The Morgan fingerprint density at radius 2 is 1.78 bits per heavy atom. The number of likely N-dealkylation sites (tertiary alicyclic amines) is 2. The predicted molar refractivity (Wildman–Crippen MR) is 112 cm³/mol. The van der Waals surface area contributed by atoms with E-state index >= 15 is 0 Å². The molecule has 0 radical (unpaired) electrons. The maximum Gasteiger partial charge on any atom is 0.255 e. The Balaban J connectivity index is 1.55. The van der Waals surface area contributed by atoms with Gasteiger partial charge in [-0.2, -0.15) is 0 Å². The first-order valence-electron chi connectivity index (χ1n) is 10.5. The molecule has 2 saturated heterocycles. The summed E-state index contributed by atoms with van der Waals surface area (Å²) in [7, 11) is 0. The van der Waals surface area contributed by atoms with Gasteiger partial charge in [-0.15, -0.1) is 0 Å². The Bertz CT molecular complexity index is 684. The molecule has 5 heteroatoms. The molecule has 2 heterocycles. The van der Waals surface area contributed by atoms with Gasteiger partial charge in [0.15, 0.2) is 0 Å². The summed E-state index contributed by atoms with van der Waals surface area (Å²) in [5.74, 6) is 1.26. The lowest BCUT2D eigenvalue weighted by Gasteiger charge is -2.57. The molecule has 1 aromatic carbocycles. The minimum Gasteiger partial charge on any atom is -0.338 e. The second-order valence-electron chi connectivity index (χ2n) is 8.78. The van der Waals surface area contributed by atoms with E-state index in [1.54, 1.807) is 18.2 Å². The van der Waals surface area contributed by atoms with Crippen molar-refractivity contribution >= 4 is 29.1 Å². The maximum atomic E-state index is 13.2. The van der Waals surface area contributed by atoms with Crippen molar-refractivity contribution in [2.75, 3.05) is 32.7 Å². The van der Waals surface area contributed by atoms with Crippen molar-refractivity contribution in [3.05, 3.63) is 33.8 Å². The van der Waals surface area contributed by atoms with E-state index in [1.165, 1.54) is 45.1 Å². The number of hydrogen-bond donors (Lipinski definition) is 0. The fourth-order valence-electron chi connectivity index (χ4n) is 5.89. The lowest BCUT2D eigenvalue weighted by atomic mass is 9.60. The van der Waals surface area contributed by atoms with Crippen molar-refractivity contribution in [2.24, 2.45) is 17.3 Å². The second-order valence-corrected chi connectivity index (χ2v) is 9.63. The van der Waals surface area contributed by atoms with Crippen LogP contribution in [0.5, 0.6) is 0 Å². The number of hydrogen-bond acceptors (Lipinski definition) is 2. The highest BCUT2D eigenvalue weighted by molar-refractivity contribution is 6.36. The van der Waals surface area contributed by atoms with Crippen LogP contribution in [0.2, 0.25) is 10.0 Å². The zero-order valence-corrected chi connectivity index (χ0v) is 17.7. The van der Waals surface area contributed by atoms with Crippen molar-refractivity contribution in [3.8, 4) is 0 Å². The quantitative estimate of drug-likeness (QED) is 0.669. The summed E-state index contributed by atoms with van der Waals surface area (Å²) >= 11 is 12.3. The highest BCUT2D eigenvalue weighted by atomic mass is 35.5. The Morgan fingerprint density at radius 3 is 2.37 bits per heavy atom. The van der Waals surface area contributed by atoms with Gasteiger partial charge in [-0.25, -0.2) is 0 Å². The molecule has 0 aromatic heterocycles. The average Bonchev–Trinajstić information content (AvgIpc) is 3.10. The van der Waals surface area contributed by atoms with Crippen molar-refractivity contribution in [3.63, 3.8) is 0 Å². The van der Waals surface area contributed by atoms with Crippen LogP contribution in [0.25, 0.3) is 0 Å². The summed E-state index contributed by atoms with van der Waals surface area (Å²) in [6.07, 6.45) is 7.95. The van der Waals surface area contributed by atoms with Crippen LogP contribution in [0.4, 0.5) is 0 Å². The Kier molecular flexibility index (Phi) is 5.74. The smallest absolute Gasteiger partial charge is 0.255 e. The topological polar surface area (TPSA) is 23.6 Å². The van der Waals surface area contributed by atoms with Crippen molar-refractivity contribution in [1.29, 1.82) is 0 Å². The van der Waals surface area contributed by atoms with Crippen molar-refractivity contribution in [2.45, 2.75) is 45.4 Å². The third kappa shape index (κ3) is 3.63. The molecule has 1 aliphatic carbocycles. The summed E-state index contributed by atoms with van der Waals surface area (Å²) in [5, 5.41) is 1.03. The Hall–Kier alpha value is -0.770.